The maximum atomic E-state index is 12.8. The summed E-state index contributed by atoms with van der Waals surface area (Å²) in [5.74, 6) is -0.333. The molecule has 3 rings (SSSR count). The number of anilines is 1. The lowest BCUT2D eigenvalue weighted by atomic mass is 10.1. The SMILES string of the molecule is O=C(CCc1ccc(F)cc1)Nc1ccc(-n2ccnc2)cc1. The summed E-state index contributed by atoms with van der Waals surface area (Å²) in [6, 6.07) is 13.7. The maximum Gasteiger partial charge on any atom is 0.224 e. The van der Waals surface area contributed by atoms with Crippen LogP contribution in [0.5, 0.6) is 0 Å². The molecule has 0 saturated heterocycles. The molecule has 0 bridgehead atoms. The van der Waals surface area contributed by atoms with Crippen LogP contribution in [-0.4, -0.2) is 15.5 Å². The smallest absolute Gasteiger partial charge is 0.224 e. The van der Waals surface area contributed by atoms with Gasteiger partial charge in [0.05, 0.1) is 6.33 Å². The highest BCUT2D eigenvalue weighted by Crippen LogP contribution is 2.14. The second-order valence-electron chi connectivity index (χ2n) is 5.19. The molecule has 1 N–H and O–H groups in total. The average Bonchev–Trinajstić information content (AvgIpc) is 3.09. The lowest BCUT2D eigenvalue weighted by Gasteiger charge is -2.07. The molecule has 0 aliphatic carbocycles. The molecule has 0 spiro atoms. The Balaban J connectivity index is 1.54. The van der Waals surface area contributed by atoms with Crippen molar-refractivity contribution in [3.05, 3.63) is 78.6 Å². The normalized spacial score (nSPS) is 10.5. The third-order valence-electron chi connectivity index (χ3n) is 3.51. The maximum absolute atomic E-state index is 12.8. The van der Waals surface area contributed by atoms with Gasteiger partial charge in [0.15, 0.2) is 0 Å². The molecule has 4 nitrogen and oxygen atoms in total. The van der Waals surface area contributed by atoms with E-state index >= 15 is 0 Å². The predicted octanol–water partition coefficient (Wildman–Crippen LogP) is 3.58. The van der Waals surface area contributed by atoms with Crippen molar-refractivity contribution >= 4 is 11.6 Å². The van der Waals surface area contributed by atoms with Gasteiger partial charge in [-0.25, -0.2) is 9.37 Å². The largest absolute Gasteiger partial charge is 0.326 e. The number of halogens is 1. The number of carbonyl (C=O) groups is 1. The fourth-order valence-corrected chi connectivity index (χ4v) is 2.26. The van der Waals surface area contributed by atoms with Crippen LogP contribution in [0.1, 0.15) is 12.0 Å². The minimum absolute atomic E-state index is 0.0651. The molecule has 2 aromatic carbocycles. The molecule has 0 atom stereocenters. The van der Waals surface area contributed by atoms with E-state index in [0.29, 0.717) is 12.8 Å². The number of hydrogen-bond donors (Lipinski definition) is 1. The molecule has 1 amide bonds. The van der Waals surface area contributed by atoms with Gasteiger partial charge in [-0.15, -0.1) is 0 Å². The Kier molecular flexibility index (Phi) is 4.47. The van der Waals surface area contributed by atoms with Gasteiger partial charge in [-0.05, 0) is 48.4 Å². The number of aromatic nitrogens is 2. The van der Waals surface area contributed by atoms with Gasteiger partial charge in [-0.2, -0.15) is 0 Å². The van der Waals surface area contributed by atoms with E-state index in [1.807, 2.05) is 35.0 Å². The van der Waals surface area contributed by atoms with Crippen molar-refractivity contribution in [1.82, 2.24) is 9.55 Å². The molecule has 0 aliphatic heterocycles. The summed E-state index contributed by atoms with van der Waals surface area (Å²) in [5.41, 5.74) is 2.67. The summed E-state index contributed by atoms with van der Waals surface area (Å²) in [7, 11) is 0. The Morgan fingerprint density at radius 1 is 1.09 bits per heavy atom. The molecule has 116 valence electrons. The Morgan fingerprint density at radius 2 is 1.83 bits per heavy atom. The zero-order valence-corrected chi connectivity index (χ0v) is 12.4. The molecule has 0 unspecified atom stereocenters. The first-order chi connectivity index (χ1) is 11.2. The van der Waals surface area contributed by atoms with Crippen LogP contribution in [0.4, 0.5) is 10.1 Å². The van der Waals surface area contributed by atoms with Crippen LogP contribution in [0, 0.1) is 5.82 Å². The van der Waals surface area contributed by atoms with Gasteiger partial charge in [0.1, 0.15) is 5.82 Å². The third-order valence-corrected chi connectivity index (χ3v) is 3.51. The molecule has 0 fully saturated rings. The molecule has 5 heteroatoms. The van der Waals surface area contributed by atoms with Crippen LogP contribution in [0.25, 0.3) is 5.69 Å². The van der Waals surface area contributed by atoms with Crippen LogP contribution < -0.4 is 5.32 Å². The van der Waals surface area contributed by atoms with E-state index in [1.165, 1.54) is 12.1 Å². The quantitative estimate of drug-likeness (QED) is 0.783. The van der Waals surface area contributed by atoms with E-state index < -0.39 is 0 Å². The number of aryl methyl sites for hydroxylation is 1. The van der Waals surface area contributed by atoms with Crippen LogP contribution in [0.2, 0.25) is 0 Å². The lowest BCUT2D eigenvalue weighted by molar-refractivity contribution is -0.116. The average molecular weight is 309 g/mol. The van der Waals surface area contributed by atoms with Crippen molar-refractivity contribution < 1.29 is 9.18 Å². The first-order valence-electron chi connectivity index (χ1n) is 7.33. The standard InChI is InChI=1S/C18H16FN3O/c19-15-4-1-14(2-5-15)3-10-18(23)21-16-6-8-17(9-7-16)22-12-11-20-13-22/h1-2,4-9,11-13H,3,10H2,(H,21,23). The number of nitrogens with one attached hydrogen (secondary N) is 1. The van der Waals surface area contributed by atoms with Gasteiger partial charge in [0, 0.05) is 30.2 Å². The highest BCUT2D eigenvalue weighted by molar-refractivity contribution is 5.90. The van der Waals surface area contributed by atoms with E-state index in [0.717, 1.165) is 16.9 Å². The topological polar surface area (TPSA) is 46.9 Å². The number of nitrogens with zero attached hydrogens (tertiary/aromatic N) is 2. The summed E-state index contributed by atoms with van der Waals surface area (Å²) in [4.78, 5) is 16.0. The van der Waals surface area contributed by atoms with E-state index in [4.69, 9.17) is 0 Å². The van der Waals surface area contributed by atoms with Gasteiger partial charge < -0.3 is 9.88 Å². The van der Waals surface area contributed by atoms with E-state index in [1.54, 1.807) is 24.7 Å². The monoisotopic (exact) mass is 309 g/mol. The van der Waals surface area contributed by atoms with Crippen molar-refractivity contribution in [2.45, 2.75) is 12.8 Å². The third kappa shape index (κ3) is 4.03. The summed E-state index contributed by atoms with van der Waals surface area (Å²) >= 11 is 0. The van der Waals surface area contributed by atoms with E-state index in [2.05, 4.69) is 10.3 Å². The minimum Gasteiger partial charge on any atom is -0.326 e. The van der Waals surface area contributed by atoms with Gasteiger partial charge >= 0.3 is 0 Å². The molecule has 0 radical (unpaired) electrons. The molecular weight excluding hydrogens is 293 g/mol. The molecule has 0 saturated carbocycles. The molecule has 0 aliphatic rings. The molecule has 23 heavy (non-hydrogen) atoms. The lowest BCUT2D eigenvalue weighted by Crippen LogP contribution is -2.12. The first kappa shape index (κ1) is 15.0. The van der Waals surface area contributed by atoms with E-state index in [-0.39, 0.29) is 11.7 Å². The first-order valence-corrected chi connectivity index (χ1v) is 7.33. The van der Waals surface area contributed by atoms with Gasteiger partial charge in [0.2, 0.25) is 5.91 Å². The number of benzene rings is 2. The molecule has 1 aromatic heterocycles. The minimum atomic E-state index is -0.267. The zero-order chi connectivity index (χ0) is 16.1. The second-order valence-corrected chi connectivity index (χ2v) is 5.19. The number of hydrogen-bond acceptors (Lipinski definition) is 2. The predicted molar refractivity (Wildman–Crippen MR) is 86.9 cm³/mol. The summed E-state index contributed by atoms with van der Waals surface area (Å²) in [5, 5.41) is 2.86. The highest BCUT2D eigenvalue weighted by Gasteiger charge is 2.04. The Bertz CT molecular complexity index is 765. The van der Waals surface area contributed by atoms with Crippen LogP contribution in [-0.2, 0) is 11.2 Å². The zero-order valence-electron chi connectivity index (χ0n) is 12.4. The number of carbonyl (C=O) groups excluding carboxylic acids is 1. The van der Waals surface area contributed by atoms with Crippen molar-refractivity contribution in [3.63, 3.8) is 0 Å². The van der Waals surface area contributed by atoms with E-state index in [9.17, 15) is 9.18 Å². The van der Waals surface area contributed by atoms with Crippen LogP contribution in [0.3, 0.4) is 0 Å². The Hall–Kier alpha value is -2.95. The number of amides is 1. The van der Waals surface area contributed by atoms with Gasteiger partial charge in [-0.1, -0.05) is 12.1 Å². The van der Waals surface area contributed by atoms with Crippen molar-refractivity contribution in [1.29, 1.82) is 0 Å². The van der Waals surface area contributed by atoms with Crippen molar-refractivity contribution in [2.24, 2.45) is 0 Å². The molecular formula is C18H16FN3O. The number of rotatable bonds is 5. The highest BCUT2D eigenvalue weighted by atomic mass is 19.1. The molecule has 1 heterocycles. The summed E-state index contributed by atoms with van der Waals surface area (Å²) in [6.45, 7) is 0. The Morgan fingerprint density at radius 3 is 2.48 bits per heavy atom. The molecule has 3 aromatic rings. The van der Waals surface area contributed by atoms with Crippen molar-refractivity contribution in [3.8, 4) is 5.69 Å². The second kappa shape index (κ2) is 6.87. The fraction of sp³-hybridized carbons (Fsp3) is 0.111. The van der Waals surface area contributed by atoms with Crippen LogP contribution >= 0.6 is 0 Å². The summed E-state index contributed by atoms with van der Waals surface area (Å²) in [6.07, 6.45) is 6.23. The Labute approximate surface area is 133 Å². The summed E-state index contributed by atoms with van der Waals surface area (Å²) < 4.78 is 14.7. The van der Waals surface area contributed by atoms with Crippen LogP contribution in [0.15, 0.2) is 67.3 Å². The number of imidazole rings is 1. The van der Waals surface area contributed by atoms with Crippen molar-refractivity contribution in [2.75, 3.05) is 5.32 Å². The fourth-order valence-electron chi connectivity index (χ4n) is 2.26. The van der Waals surface area contributed by atoms with Gasteiger partial charge in [0.25, 0.3) is 0 Å². The van der Waals surface area contributed by atoms with Gasteiger partial charge in [-0.3, -0.25) is 4.79 Å².